The fourth-order valence-electron chi connectivity index (χ4n) is 2.51. The van der Waals surface area contributed by atoms with E-state index < -0.39 is 12.0 Å². The van der Waals surface area contributed by atoms with Gasteiger partial charge in [-0.3, -0.25) is 0 Å². The third kappa shape index (κ3) is 3.48. The second-order valence-corrected chi connectivity index (χ2v) is 6.51. The summed E-state index contributed by atoms with van der Waals surface area (Å²) in [6.07, 6.45) is -4.62. The van der Waals surface area contributed by atoms with Crippen LogP contribution in [0.5, 0.6) is 0 Å². The number of benzene rings is 1. The largest absolute Gasteiger partial charge is 0.510 e. The van der Waals surface area contributed by atoms with Gasteiger partial charge in [0.25, 0.3) is 0 Å². The number of aliphatic hydroxyl groups is 1. The molecule has 1 aromatic carbocycles. The number of hydrogen-bond donors (Lipinski definition) is 1. The Balaban J connectivity index is 1.89. The quantitative estimate of drug-likeness (QED) is 0.415. The van der Waals surface area contributed by atoms with Crippen molar-refractivity contribution >= 4 is 28.4 Å². The lowest BCUT2D eigenvalue weighted by Gasteiger charge is -2.07. The number of thioether (sulfide) groups is 1. The van der Waals surface area contributed by atoms with Gasteiger partial charge in [0, 0.05) is 14.1 Å². The minimum absolute atomic E-state index is 0.0313. The highest BCUT2D eigenvalue weighted by atomic mass is 32.2. The van der Waals surface area contributed by atoms with Gasteiger partial charge < -0.3 is 14.2 Å². The van der Waals surface area contributed by atoms with Gasteiger partial charge >= 0.3 is 6.18 Å². The number of allylic oxidation sites excluding steroid dienone is 1. The maximum atomic E-state index is 12.8. The van der Waals surface area contributed by atoms with Crippen molar-refractivity contribution in [2.75, 3.05) is 5.75 Å². The number of halogens is 3. The second-order valence-electron chi connectivity index (χ2n) is 5.57. The summed E-state index contributed by atoms with van der Waals surface area (Å²) < 4.78 is 40.8. The van der Waals surface area contributed by atoms with E-state index in [0.29, 0.717) is 5.52 Å². The molecule has 1 N–H and O–H groups in total. The molecule has 11 heteroatoms. The first-order chi connectivity index (χ1) is 12.7. The van der Waals surface area contributed by atoms with Gasteiger partial charge in [0.15, 0.2) is 11.0 Å². The summed E-state index contributed by atoms with van der Waals surface area (Å²) in [4.78, 5) is 4.34. The van der Waals surface area contributed by atoms with Crippen LogP contribution >= 0.6 is 11.8 Å². The first kappa shape index (κ1) is 18.8. The van der Waals surface area contributed by atoms with Crippen LogP contribution in [-0.4, -0.2) is 35.2 Å². The maximum absolute atomic E-state index is 12.8. The van der Waals surface area contributed by atoms with Gasteiger partial charge in [0.05, 0.1) is 16.8 Å². The fourth-order valence-corrected chi connectivity index (χ4v) is 3.29. The molecule has 0 aliphatic rings. The summed E-state index contributed by atoms with van der Waals surface area (Å²) in [5.74, 6) is -1.33. The molecule has 0 saturated heterocycles. The number of nitrogens with zero attached hydrogens (tertiary/aromatic N) is 6. The average Bonchev–Trinajstić information content (AvgIpc) is 3.15. The van der Waals surface area contributed by atoms with Gasteiger partial charge in [0.2, 0.25) is 5.82 Å². The predicted octanol–water partition coefficient (Wildman–Crippen LogP) is 3.31. The molecule has 0 atom stereocenters. The number of aliphatic hydroxyl groups excluding tert-OH is 1. The van der Waals surface area contributed by atoms with Gasteiger partial charge in [-0.2, -0.15) is 18.4 Å². The molecule has 2 heterocycles. The molecule has 0 saturated carbocycles. The Labute approximate surface area is 155 Å². The highest BCUT2D eigenvalue weighted by Crippen LogP contribution is 2.30. The molecular formula is C16H13F3N6OS. The number of rotatable bonds is 4. The molecule has 27 heavy (non-hydrogen) atoms. The topological polar surface area (TPSA) is 92.6 Å². The molecule has 140 valence electrons. The van der Waals surface area contributed by atoms with Gasteiger partial charge in [-0.1, -0.05) is 23.9 Å². The number of para-hydroxylation sites is 2. The fraction of sp³-hybridized carbons (Fsp3) is 0.250. The van der Waals surface area contributed by atoms with E-state index >= 15 is 0 Å². The molecule has 3 aromatic rings. The monoisotopic (exact) mass is 394 g/mol. The zero-order valence-corrected chi connectivity index (χ0v) is 15.0. The summed E-state index contributed by atoms with van der Waals surface area (Å²) in [6, 6.07) is 9.14. The average molecular weight is 394 g/mol. The van der Waals surface area contributed by atoms with Crippen LogP contribution in [-0.2, 0) is 20.3 Å². The standard InChI is InChI=1S/C16H13F3N6OS/c1-24-11-6-4-3-5-10(11)21-13(24)9(7-20)12(26)8-27-15-23-22-14(25(15)2)16(17,18)19/h3-6,26H,8H2,1-2H3/b12-9-. The minimum atomic E-state index is -4.62. The van der Waals surface area contributed by atoms with Crippen molar-refractivity contribution < 1.29 is 18.3 Å². The molecule has 0 amide bonds. The Morgan fingerprint density at radius 2 is 1.93 bits per heavy atom. The SMILES string of the molecule is Cn1c(SC/C(O)=C(\C#N)c2nc3ccccc3n2C)nnc1C(F)(F)F. The lowest BCUT2D eigenvalue weighted by atomic mass is 10.2. The number of alkyl halides is 3. The Morgan fingerprint density at radius 1 is 1.22 bits per heavy atom. The lowest BCUT2D eigenvalue weighted by Crippen LogP contribution is -2.13. The Morgan fingerprint density at radius 3 is 2.52 bits per heavy atom. The first-order valence-electron chi connectivity index (χ1n) is 7.57. The first-order valence-corrected chi connectivity index (χ1v) is 8.56. The number of hydrogen-bond acceptors (Lipinski definition) is 6. The second kappa shape index (κ2) is 6.96. The van der Waals surface area contributed by atoms with Crippen molar-refractivity contribution in [1.82, 2.24) is 24.3 Å². The lowest BCUT2D eigenvalue weighted by molar-refractivity contribution is -0.147. The highest BCUT2D eigenvalue weighted by Gasteiger charge is 2.37. The number of aryl methyl sites for hydroxylation is 1. The maximum Gasteiger partial charge on any atom is 0.451 e. The van der Waals surface area contributed by atoms with Crippen LogP contribution in [0.4, 0.5) is 13.2 Å². The molecule has 0 unspecified atom stereocenters. The molecular weight excluding hydrogens is 381 g/mol. The van der Waals surface area contributed by atoms with E-state index in [4.69, 9.17) is 0 Å². The Kier molecular flexibility index (Phi) is 4.84. The summed E-state index contributed by atoms with van der Waals surface area (Å²) in [7, 11) is 2.89. The molecule has 2 aromatic heterocycles. The Hall–Kier alpha value is -3.00. The van der Waals surface area contributed by atoms with Crippen molar-refractivity contribution in [3.63, 3.8) is 0 Å². The summed E-state index contributed by atoms with van der Waals surface area (Å²) in [5, 5.41) is 26.4. The summed E-state index contributed by atoms with van der Waals surface area (Å²) >= 11 is 0.837. The molecule has 0 aliphatic carbocycles. The zero-order valence-electron chi connectivity index (χ0n) is 14.2. The van der Waals surface area contributed by atoms with E-state index in [0.717, 1.165) is 21.8 Å². The van der Waals surface area contributed by atoms with Gasteiger partial charge in [-0.25, -0.2) is 4.98 Å². The van der Waals surface area contributed by atoms with Crippen LogP contribution in [0.1, 0.15) is 11.6 Å². The molecule has 7 nitrogen and oxygen atoms in total. The van der Waals surface area contributed by atoms with Crippen LogP contribution in [0.25, 0.3) is 16.6 Å². The third-order valence-corrected chi connectivity index (χ3v) is 4.87. The van der Waals surface area contributed by atoms with E-state index in [-0.39, 0.29) is 28.1 Å². The smallest absolute Gasteiger partial charge is 0.451 e. The molecule has 0 spiro atoms. The zero-order chi connectivity index (χ0) is 19.8. The van der Waals surface area contributed by atoms with Crippen molar-refractivity contribution in [2.45, 2.75) is 11.3 Å². The van der Waals surface area contributed by atoms with Gasteiger partial charge in [0.1, 0.15) is 17.4 Å². The minimum Gasteiger partial charge on any atom is -0.510 e. The number of imidazole rings is 1. The van der Waals surface area contributed by atoms with E-state index in [1.807, 2.05) is 18.2 Å². The van der Waals surface area contributed by atoms with Crippen molar-refractivity contribution in [1.29, 1.82) is 5.26 Å². The van der Waals surface area contributed by atoms with Crippen molar-refractivity contribution in [3.8, 4) is 6.07 Å². The van der Waals surface area contributed by atoms with Crippen LogP contribution in [0.3, 0.4) is 0 Å². The van der Waals surface area contributed by atoms with E-state index in [1.165, 1.54) is 7.05 Å². The molecule has 0 bridgehead atoms. The molecule has 0 aliphatic heterocycles. The van der Waals surface area contributed by atoms with Crippen LogP contribution in [0.15, 0.2) is 35.2 Å². The molecule has 0 fully saturated rings. The predicted molar refractivity (Wildman–Crippen MR) is 92.6 cm³/mol. The van der Waals surface area contributed by atoms with Crippen LogP contribution in [0.2, 0.25) is 0 Å². The van der Waals surface area contributed by atoms with Gasteiger partial charge in [-0.15, -0.1) is 10.2 Å². The van der Waals surface area contributed by atoms with Crippen molar-refractivity contribution in [2.24, 2.45) is 14.1 Å². The Bertz CT molecular complexity index is 1080. The third-order valence-electron chi connectivity index (χ3n) is 3.84. The van der Waals surface area contributed by atoms with Gasteiger partial charge in [-0.05, 0) is 12.1 Å². The normalized spacial score (nSPS) is 12.9. The van der Waals surface area contributed by atoms with E-state index in [9.17, 15) is 23.5 Å². The molecule has 0 radical (unpaired) electrons. The van der Waals surface area contributed by atoms with E-state index in [1.54, 1.807) is 23.7 Å². The van der Waals surface area contributed by atoms with Crippen molar-refractivity contribution in [3.05, 3.63) is 41.7 Å². The number of aromatic nitrogens is 5. The van der Waals surface area contributed by atoms with Crippen LogP contribution in [0, 0.1) is 11.3 Å². The number of nitriles is 1. The van der Waals surface area contributed by atoms with E-state index in [2.05, 4.69) is 15.2 Å². The summed E-state index contributed by atoms with van der Waals surface area (Å²) in [6.45, 7) is 0. The summed E-state index contributed by atoms with van der Waals surface area (Å²) in [5.41, 5.74) is 1.38. The van der Waals surface area contributed by atoms with Crippen LogP contribution < -0.4 is 0 Å². The molecule has 3 rings (SSSR count). The highest BCUT2D eigenvalue weighted by molar-refractivity contribution is 7.99. The number of fused-ring (bicyclic) bond motifs is 1.